The second-order valence-electron chi connectivity index (χ2n) is 15.3. The van der Waals surface area contributed by atoms with Gasteiger partial charge in [0.15, 0.2) is 0 Å². The SMILES string of the molecule is CC1(C)c2cc(-c3ccc(-c4ccc5c(c4)C(C)(C)c4ccc6c(c4-5)Sc4ccccc4S6)cc3)ccc2-c2c1ccc1c2Oc2ccccc2S1. The van der Waals surface area contributed by atoms with Gasteiger partial charge in [-0.1, -0.05) is 148 Å². The van der Waals surface area contributed by atoms with Crippen LogP contribution in [0.3, 0.4) is 0 Å². The third-order valence-corrected chi connectivity index (χ3v) is 15.3. The minimum Gasteiger partial charge on any atom is -0.454 e. The van der Waals surface area contributed by atoms with Crippen LogP contribution < -0.4 is 4.74 Å². The largest absolute Gasteiger partial charge is 0.454 e. The van der Waals surface area contributed by atoms with Crippen LogP contribution in [0.4, 0.5) is 0 Å². The zero-order valence-electron chi connectivity index (χ0n) is 29.3. The van der Waals surface area contributed by atoms with E-state index in [1.165, 1.54) is 96.1 Å². The summed E-state index contributed by atoms with van der Waals surface area (Å²) in [4.78, 5) is 7.82. The minimum absolute atomic E-state index is 0.0704. The molecular weight excluding hydrogens is 689 g/mol. The molecule has 0 atom stereocenters. The predicted molar refractivity (Wildman–Crippen MR) is 218 cm³/mol. The van der Waals surface area contributed by atoms with Crippen LogP contribution in [0, 0.1) is 0 Å². The maximum absolute atomic E-state index is 6.61. The van der Waals surface area contributed by atoms with E-state index in [0.717, 1.165) is 11.5 Å². The van der Waals surface area contributed by atoms with Crippen molar-refractivity contribution in [2.45, 2.75) is 67.9 Å². The Kier molecular flexibility index (Phi) is 6.53. The van der Waals surface area contributed by atoms with Gasteiger partial charge in [-0.25, -0.2) is 0 Å². The molecule has 0 fully saturated rings. The van der Waals surface area contributed by atoms with E-state index in [1.807, 2.05) is 23.5 Å². The summed E-state index contributed by atoms with van der Waals surface area (Å²) in [5, 5.41) is 0. The smallest absolute Gasteiger partial charge is 0.149 e. The van der Waals surface area contributed by atoms with Gasteiger partial charge in [0.1, 0.15) is 11.5 Å². The van der Waals surface area contributed by atoms with E-state index in [4.69, 9.17) is 4.74 Å². The molecule has 52 heavy (non-hydrogen) atoms. The van der Waals surface area contributed by atoms with E-state index < -0.39 is 0 Å². The molecule has 11 rings (SSSR count). The third-order valence-electron chi connectivity index (χ3n) is 11.6. The van der Waals surface area contributed by atoms with Gasteiger partial charge in [0.05, 0.1) is 9.79 Å². The highest BCUT2D eigenvalue weighted by atomic mass is 32.2. The Labute approximate surface area is 317 Å². The second-order valence-corrected chi connectivity index (χ2v) is 18.5. The average Bonchev–Trinajstić information content (AvgIpc) is 3.55. The molecule has 0 spiro atoms. The van der Waals surface area contributed by atoms with E-state index >= 15 is 0 Å². The molecular formula is C48H34OS3. The van der Waals surface area contributed by atoms with Crippen molar-refractivity contribution in [3.63, 3.8) is 0 Å². The summed E-state index contributed by atoms with van der Waals surface area (Å²) in [5.74, 6) is 1.93. The van der Waals surface area contributed by atoms with E-state index in [9.17, 15) is 0 Å². The lowest BCUT2D eigenvalue weighted by Crippen LogP contribution is -2.15. The Morgan fingerprint density at radius 3 is 1.56 bits per heavy atom. The Hall–Kier alpha value is -4.61. The number of fused-ring (bicyclic) bond motifs is 12. The molecule has 4 aliphatic rings. The first kappa shape index (κ1) is 31.0. The van der Waals surface area contributed by atoms with Crippen LogP contribution in [0.5, 0.6) is 11.5 Å². The van der Waals surface area contributed by atoms with Gasteiger partial charge in [-0.05, 0) is 104 Å². The molecule has 0 N–H and O–H groups in total. The Balaban J connectivity index is 0.925. The second kappa shape index (κ2) is 11.0. The number of rotatable bonds is 2. The summed E-state index contributed by atoms with van der Waals surface area (Å²) in [5.41, 5.74) is 15.6. The van der Waals surface area contributed by atoms with Gasteiger partial charge in [-0.3, -0.25) is 0 Å². The molecule has 7 aromatic rings. The normalized spacial score (nSPS) is 15.9. The van der Waals surface area contributed by atoms with Gasteiger partial charge in [0.25, 0.3) is 0 Å². The molecule has 250 valence electrons. The van der Waals surface area contributed by atoms with Crippen LogP contribution in [0.1, 0.15) is 49.9 Å². The number of hydrogen-bond acceptors (Lipinski definition) is 4. The summed E-state index contributed by atoms with van der Waals surface area (Å²) in [6, 6.07) is 49.7. The first-order valence-corrected chi connectivity index (χ1v) is 20.4. The van der Waals surface area contributed by atoms with Crippen molar-refractivity contribution >= 4 is 35.3 Å². The quantitative estimate of drug-likeness (QED) is 0.176. The number of benzene rings is 7. The Morgan fingerprint density at radius 2 is 0.904 bits per heavy atom. The number of hydrogen-bond donors (Lipinski definition) is 0. The lowest BCUT2D eigenvalue weighted by Gasteiger charge is -2.25. The average molecular weight is 723 g/mol. The maximum Gasteiger partial charge on any atom is 0.149 e. The molecule has 2 heterocycles. The summed E-state index contributed by atoms with van der Waals surface area (Å²) < 4.78 is 6.61. The topological polar surface area (TPSA) is 9.23 Å². The molecule has 0 unspecified atom stereocenters. The summed E-state index contributed by atoms with van der Waals surface area (Å²) in [7, 11) is 0. The van der Waals surface area contributed by atoms with Crippen LogP contribution in [0.25, 0.3) is 44.5 Å². The number of ether oxygens (including phenoxy) is 1. The third kappa shape index (κ3) is 4.35. The molecule has 0 saturated heterocycles. The van der Waals surface area contributed by atoms with E-state index in [2.05, 4.69) is 161 Å². The van der Waals surface area contributed by atoms with Gasteiger partial charge >= 0.3 is 0 Å². The molecule has 1 nitrogen and oxygen atoms in total. The van der Waals surface area contributed by atoms with Crippen molar-refractivity contribution in [1.82, 2.24) is 0 Å². The Bertz CT molecular complexity index is 2500. The van der Waals surface area contributed by atoms with Gasteiger partial charge in [-0.2, -0.15) is 0 Å². The minimum atomic E-state index is -0.130. The predicted octanol–water partition coefficient (Wildman–Crippen LogP) is 14.5. The maximum atomic E-state index is 6.61. The molecule has 4 heteroatoms. The monoisotopic (exact) mass is 722 g/mol. The van der Waals surface area contributed by atoms with E-state index in [0.29, 0.717) is 0 Å². The molecule has 2 aliphatic heterocycles. The van der Waals surface area contributed by atoms with Crippen molar-refractivity contribution in [2.24, 2.45) is 0 Å². The molecule has 2 aliphatic carbocycles. The summed E-state index contributed by atoms with van der Waals surface area (Å²) in [6.07, 6.45) is 0. The van der Waals surface area contributed by atoms with Gasteiger partial charge < -0.3 is 4.74 Å². The zero-order chi connectivity index (χ0) is 34.9. The molecule has 0 bridgehead atoms. The van der Waals surface area contributed by atoms with Crippen molar-refractivity contribution < 1.29 is 4.74 Å². The zero-order valence-corrected chi connectivity index (χ0v) is 31.8. The van der Waals surface area contributed by atoms with E-state index in [-0.39, 0.29) is 10.8 Å². The van der Waals surface area contributed by atoms with Crippen molar-refractivity contribution in [3.8, 4) is 56.0 Å². The van der Waals surface area contributed by atoms with Crippen LogP contribution in [0.2, 0.25) is 0 Å². The standard InChI is InChI=1S/C48H34OS3/c1-47(2)33-21-23-41-45(49-37-9-5-6-10-38(37)50-41)43(33)31-19-17-29(25-35(31)47)27-13-15-28(16-14-27)30-18-20-32-36(26-30)48(3,4)34-22-24-42-46(44(32)34)52-40-12-8-7-11-39(40)51-42/h5-26H,1-4H3. The van der Waals surface area contributed by atoms with Crippen LogP contribution >= 0.6 is 35.3 Å². The van der Waals surface area contributed by atoms with Crippen molar-refractivity contribution in [2.75, 3.05) is 0 Å². The molecule has 0 radical (unpaired) electrons. The van der Waals surface area contributed by atoms with Gasteiger partial charge in [0, 0.05) is 41.5 Å². The van der Waals surface area contributed by atoms with Gasteiger partial charge in [0.2, 0.25) is 0 Å². The molecule has 0 amide bonds. The lowest BCUT2D eigenvalue weighted by atomic mass is 9.81. The molecule has 0 saturated carbocycles. The van der Waals surface area contributed by atoms with Crippen LogP contribution in [-0.4, -0.2) is 0 Å². The Morgan fingerprint density at radius 1 is 0.404 bits per heavy atom. The van der Waals surface area contributed by atoms with Crippen LogP contribution in [0.15, 0.2) is 163 Å². The number of para-hydroxylation sites is 1. The fraction of sp³-hybridized carbons (Fsp3) is 0.125. The van der Waals surface area contributed by atoms with Crippen LogP contribution in [-0.2, 0) is 10.8 Å². The lowest BCUT2D eigenvalue weighted by molar-refractivity contribution is 0.455. The first-order chi connectivity index (χ1) is 25.3. The first-order valence-electron chi connectivity index (χ1n) is 17.9. The summed E-state index contributed by atoms with van der Waals surface area (Å²) >= 11 is 5.64. The molecule has 0 aromatic heterocycles. The van der Waals surface area contributed by atoms with Crippen molar-refractivity contribution in [1.29, 1.82) is 0 Å². The fourth-order valence-corrected chi connectivity index (χ4v) is 12.2. The summed E-state index contributed by atoms with van der Waals surface area (Å²) in [6.45, 7) is 9.47. The highest BCUT2D eigenvalue weighted by molar-refractivity contribution is 8.05. The molecule has 7 aromatic carbocycles. The highest BCUT2D eigenvalue weighted by Crippen LogP contribution is 2.60. The highest BCUT2D eigenvalue weighted by Gasteiger charge is 2.41. The van der Waals surface area contributed by atoms with E-state index in [1.54, 1.807) is 11.8 Å². The fourth-order valence-electron chi connectivity index (χ4n) is 8.82. The van der Waals surface area contributed by atoms with Gasteiger partial charge in [-0.15, -0.1) is 0 Å². The van der Waals surface area contributed by atoms with Crippen molar-refractivity contribution in [3.05, 3.63) is 156 Å².